The summed E-state index contributed by atoms with van der Waals surface area (Å²) < 4.78 is 35.1. The number of nitrogens with zero attached hydrogens (tertiary/aromatic N) is 3. The number of benzene rings is 2. The van der Waals surface area contributed by atoms with Crippen LogP contribution in [0.25, 0.3) is 11.3 Å². The summed E-state index contributed by atoms with van der Waals surface area (Å²) in [5.74, 6) is 0.0821. The summed E-state index contributed by atoms with van der Waals surface area (Å²) >= 11 is 0. The van der Waals surface area contributed by atoms with Crippen LogP contribution in [-0.2, 0) is 21.4 Å². The molecule has 0 saturated carbocycles. The van der Waals surface area contributed by atoms with E-state index in [4.69, 9.17) is 4.74 Å². The molecule has 1 aromatic heterocycles. The van der Waals surface area contributed by atoms with Gasteiger partial charge in [0.25, 0.3) is 10.0 Å². The number of rotatable bonds is 1. The van der Waals surface area contributed by atoms with E-state index >= 15 is 0 Å². The van der Waals surface area contributed by atoms with E-state index in [2.05, 4.69) is 20.0 Å². The van der Waals surface area contributed by atoms with E-state index in [-0.39, 0.29) is 41.8 Å². The third kappa shape index (κ3) is 4.46. The van der Waals surface area contributed by atoms with Crippen LogP contribution in [0.3, 0.4) is 0 Å². The monoisotopic (exact) mass is 479 g/mol. The highest BCUT2D eigenvalue weighted by molar-refractivity contribution is 7.92. The molecule has 10 heteroatoms. The van der Waals surface area contributed by atoms with Crippen molar-refractivity contribution >= 4 is 21.9 Å². The molecule has 1 unspecified atom stereocenters. The molecule has 34 heavy (non-hydrogen) atoms. The highest BCUT2D eigenvalue weighted by Gasteiger charge is 2.27. The number of sulfonamides is 1. The molecular formula is C24H25N5O4S. The first-order valence-corrected chi connectivity index (χ1v) is 12.5. The van der Waals surface area contributed by atoms with Crippen molar-refractivity contribution in [2.45, 2.75) is 31.4 Å². The van der Waals surface area contributed by atoms with Gasteiger partial charge in [0.05, 0.1) is 23.7 Å². The zero-order valence-electron chi connectivity index (χ0n) is 18.9. The van der Waals surface area contributed by atoms with Gasteiger partial charge in [-0.05, 0) is 42.7 Å². The molecule has 1 amide bonds. The van der Waals surface area contributed by atoms with Gasteiger partial charge in [0.1, 0.15) is 6.10 Å². The van der Waals surface area contributed by atoms with Gasteiger partial charge < -0.3 is 15.0 Å². The predicted octanol–water partition coefficient (Wildman–Crippen LogP) is 2.25. The number of hydrogen-bond acceptors (Lipinski definition) is 7. The molecule has 176 valence electrons. The molecule has 5 rings (SSSR count). The number of carbonyl (C=O) groups is 1. The largest absolute Gasteiger partial charge is 0.471 e. The third-order valence-corrected chi connectivity index (χ3v) is 7.29. The Kier molecular flexibility index (Phi) is 5.70. The smallest absolute Gasteiger partial charge is 0.264 e. The van der Waals surface area contributed by atoms with Crippen LogP contribution in [-0.4, -0.2) is 54.9 Å². The molecule has 6 bridgehead atoms. The van der Waals surface area contributed by atoms with Crippen LogP contribution in [0.15, 0.2) is 53.4 Å². The van der Waals surface area contributed by atoms with Crippen LogP contribution >= 0.6 is 0 Å². The zero-order chi connectivity index (χ0) is 23.9. The normalized spacial score (nSPS) is 19.5. The van der Waals surface area contributed by atoms with Crippen LogP contribution in [0.1, 0.15) is 16.7 Å². The summed E-state index contributed by atoms with van der Waals surface area (Å²) in [6.07, 6.45) is -0.374. The maximum atomic E-state index is 13.2. The fraction of sp³-hybridized carbons (Fsp3) is 0.292. The number of carbonyl (C=O) groups excluding carboxylic acids is 1. The van der Waals surface area contributed by atoms with Crippen LogP contribution in [0, 0.1) is 13.8 Å². The predicted molar refractivity (Wildman–Crippen MR) is 127 cm³/mol. The average molecular weight is 480 g/mol. The summed E-state index contributed by atoms with van der Waals surface area (Å²) in [5.41, 5.74) is 4.14. The van der Waals surface area contributed by atoms with Crippen molar-refractivity contribution in [1.29, 1.82) is 0 Å². The minimum Gasteiger partial charge on any atom is -0.471 e. The standard InChI is InChI=1S/C24H25N5O4S/c1-15-5-3-6-16(2)23(15)20-10-21-27-24(26-20)28-34(31,32)19-8-4-7-17(9-19)13-29-14-18(33-21)11-25-12-22(29)30/h3-10,18,25H,11-14H2,1-2H3,(H,26,27,28). The van der Waals surface area contributed by atoms with Crippen molar-refractivity contribution in [2.24, 2.45) is 0 Å². The van der Waals surface area contributed by atoms with Crippen molar-refractivity contribution in [3.05, 3.63) is 65.2 Å². The third-order valence-electron chi connectivity index (χ3n) is 5.96. The summed E-state index contributed by atoms with van der Waals surface area (Å²) in [6.45, 7) is 5.20. The molecule has 1 atom stereocenters. The molecule has 2 aliphatic rings. The van der Waals surface area contributed by atoms with E-state index in [9.17, 15) is 13.2 Å². The SMILES string of the molecule is Cc1cccc(C)c1-c1cc2nc(n1)NS(=O)(=O)c1cccc(c1)CN1CC(CNCC1=O)O2. The maximum absolute atomic E-state index is 13.2. The summed E-state index contributed by atoms with van der Waals surface area (Å²) in [4.78, 5) is 23.3. The van der Waals surface area contributed by atoms with Gasteiger partial charge in [-0.3, -0.25) is 4.79 Å². The molecule has 0 radical (unpaired) electrons. The van der Waals surface area contributed by atoms with Crippen LogP contribution in [0.5, 0.6) is 5.88 Å². The lowest BCUT2D eigenvalue weighted by molar-refractivity contribution is -0.130. The highest BCUT2D eigenvalue weighted by atomic mass is 32.2. The average Bonchev–Trinajstić information content (AvgIpc) is 2.94. The topological polar surface area (TPSA) is 114 Å². The van der Waals surface area contributed by atoms with Crippen molar-refractivity contribution in [3.63, 3.8) is 0 Å². The fourth-order valence-electron chi connectivity index (χ4n) is 4.35. The van der Waals surface area contributed by atoms with Gasteiger partial charge in [-0.25, -0.2) is 18.1 Å². The Hall–Kier alpha value is -3.50. The van der Waals surface area contributed by atoms with Crippen molar-refractivity contribution < 1.29 is 17.9 Å². The van der Waals surface area contributed by atoms with E-state index < -0.39 is 10.0 Å². The molecule has 1 saturated heterocycles. The minimum absolute atomic E-state index is 0.0738. The second-order valence-electron chi connectivity index (χ2n) is 8.58. The number of ether oxygens (including phenoxy) is 1. The van der Waals surface area contributed by atoms with Gasteiger partial charge in [0.15, 0.2) is 0 Å². The minimum atomic E-state index is -3.97. The van der Waals surface area contributed by atoms with Gasteiger partial charge in [0.2, 0.25) is 17.7 Å². The molecule has 0 aliphatic carbocycles. The van der Waals surface area contributed by atoms with Gasteiger partial charge >= 0.3 is 0 Å². The van der Waals surface area contributed by atoms with Gasteiger partial charge in [-0.2, -0.15) is 4.98 Å². The molecule has 2 aliphatic heterocycles. The zero-order valence-corrected chi connectivity index (χ0v) is 19.7. The molecule has 3 heterocycles. The highest BCUT2D eigenvalue weighted by Crippen LogP contribution is 2.30. The second kappa shape index (κ2) is 8.69. The first-order valence-electron chi connectivity index (χ1n) is 11.0. The van der Waals surface area contributed by atoms with Gasteiger partial charge in [-0.1, -0.05) is 30.3 Å². The van der Waals surface area contributed by atoms with Gasteiger partial charge in [0, 0.05) is 24.7 Å². The fourth-order valence-corrected chi connectivity index (χ4v) is 5.37. The molecule has 2 N–H and O–H groups in total. The van der Waals surface area contributed by atoms with E-state index in [0.29, 0.717) is 24.3 Å². The first-order chi connectivity index (χ1) is 16.3. The van der Waals surface area contributed by atoms with Crippen LogP contribution in [0.4, 0.5) is 5.95 Å². The first kappa shape index (κ1) is 22.3. The number of nitrogens with one attached hydrogen (secondary N) is 2. The molecule has 1 fully saturated rings. The Morgan fingerprint density at radius 2 is 1.82 bits per heavy atom. The van der Waals surface area contributed by atoms with Gasteiger partial charge in [-0.15, -0.1) is 0 Å². The summed E-state index contributed by atoms with van der Waals surface area (Å²) in [7, 11) is -3.97. The van der Waals surface area contributed by atoms with E-state index in [1.54, 1.807) is 29.2 Å². The Balaban J connectivity index is 1.67. The molecule has 2 aromatic carbocycles. The van der Waals surface area contributed by atoms with Crippen LogP contribution < -0.4 is 14.8 Å². The Morgan fingerprint density at radius 1 is 1.06 bits per heavy atom. The number of anilines is 1. The van der Waals surface area contributed by atoms with Crippen molar-refractivity contribution in [2.75, 3.05) is 24.4 Å². The van der Waals surface area contributed by atoms with Crippen molar-refractivity contribution in [3.8, 4) is 17.1 Å². The summed E-state index contributed by atoms with van der Waals surface area (Å²) in [5, 5.41) is 3.13. The van der Waals surface area contributed by atoms with E-state index in [1.165, 1.54) is 6.07 Å². The molecule has 3 aromatic rings. The Bertz CT molecular complexity index is 1360. The molecule has 9 nitrogen and oxygen atoms in total. The Morgan fingerprint density at radius 3 is 2.62 bits per heavy atom. The van der Waals surface area contributed by atoms with Crippen LogP contribution in [0.2, 0.25) is 0 Å². The maximum Gasteiger partial charge on any atom is 0.264 e. The quantitative estimate of drug-likeness (QED) is 0.550. The van der Waals surface area contributed by atoms with E-state index in [1.807, 2.05) is 32.0 Å². The number of aromatic nitrogens is 2. The lowest BCUT2D eigenvalue weighted by atomic mass is 10.00. The molecule has 0 spiro atoms. The van der Waals surface area contributed by atoms with Crippen molar-refractivity contribution in [1.82, 2.24) is 20.2 Å². The number of fused-ring (bicyclic) bond motifs is 6. The van der Waals surface area contributed by atoms with E-state index in [0.717, 1.165) is 16.7 Å². The second-order valence-corrected chi connectivity index (χ2v) is 10.3. The lowest BCUT2D eigenvalue weighted by Crippen LogP contribution is -2.38. The number of amides is 1. The number of aryl methyl sites for hydroxylation is 2. The molecular weight excluding hydrogens is 454 g/mol. The number of hydrogen-bond donors (Lipinski definition) is 2. The Labute approximate surface area is 198 Å². The lowest BCUT2D eigenvalue weighted by Gasteiger charge is -2.24. The summed E-state index contributed by atoms with van der Waals surface area (Å²) in [6, 6.07) is 14.2.